The predicted octanol–water partition coefficient (Wildman–Crippen LogP) is 3.61. The van der Waals surface area contributed by atoms with Crippen LogP contribution in [0.4, 0.5) is 0 Å². The third kappa shape index (κ3) is 3.70. The molecule has 0 N–H and O–H groups in total. The Bertz CT molecular complexity index is 484. The van der Waals surface area contributed by atoms with Crippen molar-refractivity contribution < 1.29 is 9.47 Å². The van der Waals surface area contributed by atoms with Crippen LogP contribution in [0.25, 0.3) is 0 Å². The van der Waals surface area contributed by atoms with Crippen LogP contribution in [0.15, 0.2) is 29.6 Å². The van der Waals surface area contributed by atoms with Crippen LogP contribution >= 0.6 is 22.9 Å². The molecular formula is C13H14ClNO2S. The van der Waals surface area contributed by atoms with Crippen molar-refractivity contribution in [1.82, 2.24) is 4.98 Å². The summed E-state index contributed by atoms with van der Waals surface area (Å²) in [7, 11) is 1.66. The van der Waals surface area contributed by atoms with Crippen LogP contribution in [0.3, 0.4) is 0 Å². The zero-order valence-electron chi connectivity index (χ0n) is 10.1. The summed E-state index contributed by atoms with van der Waals surface area (Å²) in [6.07, 6.45) is 0. The average Bonchev–Trinajstić information content (AvgIpc) is 2.87. The fourth-order valence-corrected chi connectivity index (χ4v) is 2.41. The molecule has 1 aromatic carbocycles. The van der Waals surface area contributed by atoms with Gasteiger partial charge in [0.2, 0.25) is 0 Å². The molecule has 2 aromatic rings. The van der Waals surface area contributed by atoms with E-state index in [9.17, 15) is 0 Å². The molecule has 0 atom stereocenters. The Morgan fingerprint density at radius 2 is 2.00 bits per heavy atom. The fraction of sp³-hybridized carbons (Fsp3) is 0.308. The molecule has 0 saturated carbocycles. The van der Waals surface area contributed by atoms with Gasteiger partial charge in [-0.15, -0.1) is 22.9 Å². The number of hydrogen-bond donors (Lipinski definition) is 0. The summed E-state index contributed by atoms with van der Waals surface area (Å²) in [6.45, 7) is 1.09. The highest BCUT2D eigenvalue weighted by Crippen LogP contribution is 2.15. The van der Waals surface area contributed by atoms with E-state index in [2.05, 4.69) is 4.98 Å². The molecule has 2 rings (SSSR count). The maximum atomic E-state index is 5.69. The smallest absolute Gasteiger partial charge is 0.119 e. The Hall–Kier alpha value is -1.10. The van der Waals surface area contributed by atoms with E-state index in [0.29, 0.717) is 19.1 Å². The van der Waals surface area contributed by atoms with Crippen molar-refractivity contribution in [2.75, 3.05) is 7.11 Å². The minimum Gasteiger partial charge on any atom is -0.497 e. The van der Waals surface area contributed by atoms with E-state index < -0.39 is 0 Å². The zero-order chi connectivity index (χ0) is 12.8. The summed E-state index contributed by atoms with van der Waals surface area (Å²) in [6, 6.07) is 7.83. The molecule has 0 saturated heterocycles. The summed E-state index contributed by atoms with van der Waals surface area (Å²) in [4.78, 5) is 4.33. The van der Waals surface area contributed by atoms with E-state index in [1.54, 1.807) is 18.4 Å². The van der Waals surface area contributed by atoms with Gasteiger partial charge >= 0.3 is 0 Å². The maximum Gasteiger partial charge on any atom is 0.119 e. The summed E-state index contributed by atoms with van der Waals surface area (Å²) < 4.78 is 10.7. The molecule has 0 bridgehead atoms. The topological polar surface area (TPSA) is 31.4 Å². The third-order valence-electron chi connectivity index (χ3n) is 2.39. The molecule has 0 unspecified atom stereocenters. The fourth-order valence-electron chi connectivity index (χ4n) is 1.45. The Balaban J connectivity index is 1.80. The molecule has 0 aliphatic rings. The first-order valence-corrected chi connectivity index (χ1v) is 6.93. The van der Waals surface area contributed by atoms with Gasteiger partial charge in [0.15, 0.2) is 0 Å². The standard InChI is InChI=1S/C13H14ClNO2S/c1-16-12-4-2-10(3-5-12)7-17-8-13-15-11(6-14)9-18-13/h2-5,9H,6-8H2,1H3. The number of ether oxygens (including phenoxy) is 2. The molecule has 1 aromatic heterocycles. The van der Waals surface area contributed by atoms with E-state index >= 15 is 0 Å². The van der Waals surface area contributed by atoms with Gasteiger partial charge in [-0.05, 0) is 17.7 Å². The van der Waals surface area contributed by atoms with Gasteiger partial charge in [-0.25, -0.2) is 4.98 Å². The Labute approximate surface area is 115 Å². The average molecular weight is 284 g/mol. The van der Waals surface area contributed by atoms with Gasteiger partial charge in [0, 0.05) is 5.38 Å². The minimum atomic E-state index is 0.453. The molecule has 0 amide bonds. The monoisotopic (exact) mass is 283 g/mol. The molecule has 3 nitrogen and oxygen atoms in total. The van der Waals surface area contributed by atoms with E-state index in [4.69, 9.17) is 21.1 Å². The molecular weight excluding hydrogens is 270 g/mol. The van der Waals surface area contributed by atoms with Gasteiger partial charge in [-0.3, -0.25) is 0 Å². The second-order valence-corrected chi connectivity index (χ2v) is 4.92. The van der Waals surface area contributed by atoms with Crippen molar-refractivity contribution in [3.05, 3.63) is 45.9 Å². The van der Waals surface area contributed by atoms with Crippen LogP contribution in [0, 0.1) is 0 Å². The lowest BCUT2D eigenvalue weighted by Crippen LogP contribution is -1.94. The van der Waals surface area contributed by atoms with Gasteiger partial charge in [-0.2, -0.15) is 0 Å². The highest BCUT2D eigenvalue weighted by Gasteiger charge is 2.01. The molecule has 0 spiro atoms. The molecule has 0 aliphatic carbocycles. The Morgan fingerprint density at radius 3 is 2.61 bits per heavy atom. The normalized spacial score (nSPS) is 10.6. The lowest BCUT2D eigenvalue weighted by molar-refractivity contribution is 0.107. The van der Waals surface area contributed by atoms with Gasteiger partial charge in [0.05, 0.1) is 31.9 Å². The molecule has 0 radical (unpaired) electrons. The molecule has 0 fully saturated rings. The van der Waals surface area contributed by atoms with E-state index in [1.165, 1.54) is 0 Å². The highest BCUT2D eigenvalue weighted by atomic mass is 35.5. The van der Waals surface area contributed by atoms with Crippen molar-refractivity contribution in [2.24, 2.45) is 0 Å². The van der Waals surface area contributed by atoms with Gasteiger partial charge in [0.25, 0.3) is 0 Å². The number of halogens is 1. The van der Waals surface area contributed by atoms with Crippen LogP contribution < -0.4 is 4.74 Å². The zero-order valence-corrected chi connectivity index (χ0v) is 11.6. The number of nitrogens with zero attached hydrogens (tertiary/aromatic N) is 1. The van der Waals surface area contributed by atoms with Gasteiger partial charge in [0.1, 0.15) is 10.8 Å². The third-order valence-corrected chi connectivity index (χ3v) is 3.53. The maximum absolute atomic E-state index is 5.69. The number of hydrogen-bond acceptors (Lipinski definition) is 4. The first kappa shape index (κ1) is 13.3. The van der Waals surface area contributed by atoms with Crippen molar-refractivity contribution in [2.45, 2.75) is 19.1 Å². The summed E-state index contributed by atoms with van der Waals surface area (Å²) >= 11 is 7.27. The molecule has 1 heterocycles. The number of alkyl halides is 1. The van der Waals surface area contributed by atoms with Crippen LogP contribution in [0.1, 0.15) is 16.3 Å². The van der Waals surface area contributed by atoms with Crippen molar-refractivity contribution in [3.8, 4) is 5.75 Å². The van der Waals surface area contributed by atoms with Crippen LogP contribution in [0.5, 0.6) is 5.75 Å². The molecule has 96 valence electrons. The first-order chi connectivity index (χ1) is 8.81. The highest BCUT2D eigenvalue weighted by molar-refractivity contribution is 7.09. The van der Waals surface area contributed by atoms with Crippen molar-refractivity contribution >= 4 is 22.9 Å². The molecule has 18 heavy (non-hydrogen) atoms. The lowest BCUT2D eigenvalue weighted by atomic mass is 10.2. The summed E-state index contributed by atoms with van der Waals surface area (Å²) in [5.74, 6) is 1.31. The van der Waals surface area contributed by atoms with Crippen LogP contribution in [0.2, 0.25) is 0 Å². The first-order valence-electron chi connectivity index (χ1n) is 5.51. The number of methoxy groups -OCH3 is 1. The Kier molecular flexibility index (Phi) is 4.99. The van der Waals surface area contributed by atoms with Crippen molar-refractivity contribution in [3.63, 3.8) is 0 Å². The van der Waals surface area contributed by atoms with Crippen LogP contribution in [-0.2, 0) is 23.8 Å². The number of aromatic nitrogens is 1. The largest absolute Gasteiger partial charge is 0.497 e. The summed E-state index contributed by atoms with van der Waals surface area (Å²) in [5, 5.41) is 2.91. The number of rotatable bonds is 6. The number of thiazole rings is 1. The number of benzene rings is 1. The Morgan fingerprint density at radius 1 is 1.22 bits per heavy atom. The second kappa shape index (κ2) is 6.73. The SMILES string of the molecule is COc1ccc(COCc2nc(CCl)cs2)cc1. The van der Waals surface area contributed by atoms with E-state index in [0.717, 1.165) is 22.0 Å². The predicted molar refractivity (Wildman–Crippen MR) is 73.2 cm³/mol. The van der Waals surface area contributed by atoms with Gasteiger partial charge < -0.3 is 9.47 Å². The van der Waals surface area contributed by atoms with Crippen molar-refractivity contribution in [1.29, 1.82) is 0 Å². The van der Waals surface area contributed by atoms with E-state index in [-0.39, 0.29) is 0 Å². The van der Waals surface area contributed by atoms with E-state index in [1.807, 2.05) is 29.6 Å². The van der Waals surface area contributed by atoms with Crippen LogP contribution in [-0.4, -0.2) is 12.1 Å². The summed E-state index contributed by atoms with van der Waals surface area (Å²) in [5.41, 5.74) is 2.02. The molecule has 0 aliphatic heterocycles. The minimum absolute atomic E-state index is 0.453. The lowest BCUT2D eigenvalue weighted by Gasteiger charge is -2.04. The molecule has 5 heteroatoms. The quantitative estimate of drug-likeness (QED) is 0.759. The van der Waals surface area contributed by atoms with Gasteiger partial charge in [-0.1, -0.05) is 12.1 Å². The second-order valence-electron chi connectivity index (χ2n) is 3.71.